The average molecular weight is 458 g/mol. The largest absolute Gasteiger partial charge is 0.390 e. The van der Waals surface area contributed by atoms with Crippen LogP contribution in [-0.4, -0.2) is 53.8 Å². The second-order valence-electron chi connectivity index (χ2n) is 6.42. The van der Waals surface area contributed by atoms with E-state index in [0.29, 0.717) is 20.5 Å². The Morgan fingerprint density at radius 1 is 1.43 bits per heavy atom. The number of pyridine rings is 1. The summed E-state index contributed by atoms with van der Waals surface area (Å²) in [6.07, 6.45) is 0.461. The second-order valence-corrected chi connectivity index (χ2v) is 9.94. The Hall–Kier alpha value is -1.18. The Bertz CT molecular complexity index is 937. The number of nitriles is 1. The molecule has 0 amide bonds. The van der Waals surface area contributed by atoms with Crippen LogP contribution in [0.2, 0.25) is 10.0 Å². The van der Waals surface area contributed by atoms with Crippen molar-refractivity contribution in [3.05, 3.63) is 52.1 Å². The van der Waals surface area contributed by atoms with Gasteiger partial charge in [0.05, 0.1) is 43.0 Å². The Morgan fingerprint density at radius 3 is 2.75 bits per heavy atom. The number of hydrogen-bond donors (Lipinski definition) is 2. The number of thioether (sulfide) groups is 1. The minimum absolute atomic E-state index is 0.00113. The maximum atomic E-state index is 13.1. The van der Waals surface area contributed by atoms with Crippen LogP contribution in [0.25, 0.3) is 0 Å². The number of aliphatic hydroxyl groups excluding tert-OH is 1. The molecule has 2 heterocycles. The summed E-state index contributed by atoms with van der Waals surface area (Å²) < 4.78 is 14.6. The minimum atomic E-state index is -1.66. The number of rotatable bonds is 5. The smallest absolute Gasteiger partial charge is 0.129 e. The van der Waals surface area contributed by atoms with E-state index in [1.807, 2.05) is 6.07 Å². The van der Waals surface area contributed by atoms with Crippen molar-refractivity contribution in [2.45, 2.75) is 33.8 Å². The highest BCUT2D eigenvalue weighted by atomic mass is 35.5. The van der Waals surface area contributed by atoms with Gasteiger partial charge in [0.1, 0.15) is 16.6 Å². The third-order valence-corrected chi connectivity index (χ3v) is 7.98. The molecule has 0 aliphatic carbocycles. The van der Waals surface area contributed by atoms with E-state index < -0.39 is 27.9 Å². The molecule has 4 atom stereocenters. The number of aliphatic hydroxyl groups is 2. The monoisotopic (exact) mass is 457 g/mol. The standard InChI is InChI=1S/C18H17Cl2N3O3S2/c1-11(24)18(25)10-23(9-16(18)27-17-5-3-13(19)8-22-17)28(26)15-4-2-12(7-21)6-14(15)20/h2-6,8,11,16,24-25H,9-10H2,1H3/t11?,16-,18?,28?/m0/s1. The van der Waals surface area contributed by atoms with E-state index in [9.17, 15) is 14.4 Å². The molecule has 3 rings (SSSR count). The van der Waals surface area contributed by atoms with E-state index in [0.717, 1.165) is 0 Å². The zero-order valence-electron chi connectivity index (χ0n) is 14.7. The second kappa shape index (κ2) is 8.67. The molecule has 3 unspecified atom stereocenters. The highest BCUT2D eigenvalue weighted by Gasteiger charge is 2.51. The highest BCUT2D eigenvalue weighted by Crippen LogP contribution is 2.39. The van der Waals surface area contributed by atoms with Crippen LogP contribution in [-0.2, 0) is 11.0 Å². The Labute approximate surface area is 179 Å². The zero-order valence-corrected chi connectivity index (χ0v) is 17.9. The van der Waals surface area contributed by atoms with E-state index in [-0.39, 0.29) is 18.1 Å². The van der Waals surface area contributed by atoms with Gasteiger partial charge >= 0.3 is 0 Å². The summed E-state index contributed by atoms with van der Waals surface area (Å²) in [5, 5.41) is 31.1. The van der Waals surface area contributed by atoms with E-state index in [4.69, 9.17) is 28.5 Å². The molecule has 0 bridgehead atoms. The van der Waals surface area contributed by atoms with Crippen molar-refractivity contribution in [3.63, 3.8) is 0 Å². The molecular weight excluding hydrogens is 441 g/mol. The molecule has 6 nitrogen and oxygen atoms in total. The third kappa shape index (κ3) is 4.36. The van der Waals surface area contributed by atoms with Crippen molar-refractivity contribution in [1.82, 2.24) is 9.29 Å². The van der Waals surface area contributed by atoms with Gasteiger partial charge in [-0.25, -0.2) is 13.5 Å². The number of benzene rings is 1. The maximum Gasteiger partial charge on any atom is 0.129 e. The first kappa shape index (κ1) is 21.5. The van der Waals surface area contributed by atoms with Gasteiger partial charge in [-0.3, -0.25) is 0 Å². The molecule has 0 spiro atoms. The van der Waals surface area contributed by atoms with Gasteiger partial charge in [-0.1, -0.05) is 35.0 Å². The summed E-state index contributed by atoms with van der Waals surface area (Å²) in [6, 6.07) is 9.94. The molecule has 10 heteroatoms. The molecule has 1 aromatic heterocycles. The van der Waals surface area contributed by atoms with Gasteiger partial charge in [-0.2, -0.15) is 5.26 Å². The predicted molar refractivity (Wildman–Crippen MR) is 110 cm³/mol. The lowest BCUT2D eigenvalue weighted by atomic mass is 9.97. The molecular formula is C18H17Cl2N3O3S2. The fraction of sp³-hybridized carbons (Fsp3) is 0.333. The predicted octanol–water partition coefficient (Wildman–Crippen LogP) is 2.87. The fourth-order valence-electron chi connectivity index (χ4n) is 2.89. The van der Waals surface area contributed by atoms with Gasteiger partial charge in [0.25, 0.3) is 0 Å². The molecule has 1 aliphatic rings. The van der Waals surface area contributed by atoms with Crippen LogP contribution in [0.5, 0.6) is 0 Å². The number of hydrogen-bond acceptors (Lipinski definition) is 6. The van der Waals surface area contributed by atoms with Gasteiger partial charge in [0, 0.05) is 19.3 Å². The van der Waals surface area contributed by atoms with Crippen molar-refractivity contribution in [3.8, 4) is 6.07 Å². The summed E-state index contributed by atoms with van der Waals surface area (Å²) in [5.74, 6) is 0. The summed E-state index contributed by atoms with van der Waals surface area (Å²) >= 11 is 13.3. The van der Waals surface area contributed by atoms with E-state index >= 15 is 0 Å². The summed E-state index contributed by atoms with van der Waals surface area (Å²) in [6.45, 7) is 1.75. The molecule has 1 fully saturated rings. The van der Waals surface area contributed by atoms with Crippen molar-refractivity contribution in [2.75, 3.05) is 13.1 Å². The van der Waals surface area contributed by atoms with E-state index in [1.165, 1.54) is 30.9 Å². The Kier molecular flexibility index (Phi) is 6.67. The normalized spacial score (nSPS) is 24.6. The molecule has 148 valence electrons. The number of aromatic nitrogens is 1. The van der Waals surface area contributed by atoms with Crippen LogP contribution < -0.4 is 0 Å². The van der Waals surface area contributed by atoms with Crippen LogP contribution in [0.15, 0.2) is 46.5 Å². The molecule has 1 aliphatic heterocycles. The molecule has 0 radical (unpaired) electrons. The van der Waals surface area contributed by atoms with Crippen LogP contribution in [0, 0.1) is 11.3 Å². The summed E-state index contributed by atoms with van der Waals surface area (Å²) in [7, 11) is -1.66. The summed E-state index contributed by atoms with van der Waals surface area (Å²) in [4.78, 5) is 4.57. The zero-order chi connectivity index (χ0) is 20.5. The van der Waals surface area contributed by atoms with Crippen LogP contribution >= 0.6 is 35.0 Å². The lowest BCUT2D eigenvalue weighted by molar-refractivity contribution is -0.0498. The average Bonchev–Trinajstić information content (AvgIpc) is 3.01. The van der Waals surface area contributed by atoms with Crippen molar-refractivity contribution >= 4 is 45.9 Å². The third-order valence-electron chi connectivity index (χ3n) is 4.53. The first-order valence-corrected chi connectivity index (χ1v) is 11.0. The van der Waals surface area contributed by atoms with Crippen molar-refractivity contribution < 1.29 is 14.4 Å². The van der Waals surface area contributed by atoms with Gasteiger partial charge < -0.3 is 10.2 Å². The molecule has 1 aromatic carbocycles. The number of halogens is 2. The summed E-state index contributed by atoms with van der Waals surface area (Å²) in [5.41, 5.74) is -1.12. The fourth-order valence-corrected chi connectivity index (χ4v) is 6.05. The SMILES string of the molecule is CC(O)C1(O)CN(S(=O)c2ccc(C#N)cc2Cl)C[C@@H]1Sc1ccc(Cl)cn1. The quantitative estimate of drug-likeness (QED) is 0.715. The highest BCUT2D eigenvalue weighted by molar-refractivity contribution is 8.00. The van der Waals surface area contributed by atoms with E-state index in [1.54, 1.807) is 28.6 Å². The first-order valence-electron chi connectivity index (χ1n) is 8.29. The number of β-amino-alcohol motifs (C(OH)–C–C–N with tert-alkyl or cyclic N) is 1. The Balaban J connectivity index is 1.85. The topological polar surface area (TPSA) is 97.5 Å². The maximum absolute atomic E-state index is 13.1. The van der Waals surface area contributed by atoms with Gasteiger partial charge in [-0.15, -0.1) is 0 Å². The lowest BCUT2D eigenvalue weighted by Gasteiger charge is -2.31. The first-order chi connectivity index (χ1) is 13.2. The van der Waals surface area contributed by atoms with Crippen molar-refractivity contribution in [1.29, 1.82) is 5.26 Å². The minimum Gasteiger partial charge on any atom is -0.390 e. The molecule has 1 saturated heterocycles. The van der Waals surface area contributed by atoms with Gasteiger partial charge in [0.2, 0.25) is 0 Å². The molecule has 28 heavy (non-hydrogen) atoms. The van der Waals surface area contributed by atoms with Crippen LogP contribution in [0.1, 0.15) is 12.5 Å². The van der Waals surface area contributed by atoms with Gasteiger partial charge in [-0.05, 0) is 37.3 Å². The van der Waals surface area contributed by atoms with E-state index in [2.05, 4.69) is 4.98 Å². The van der Waals surface area contributed by atoms with Crippen LogP contribution in [0.4, 0.5) is 0 Å². The van der Waals surface area contributed by atoms with Gasteiger partial charge in [0.15, 0.2) is 0 Å². The molecule has 2 N–H and O–H groups in total. The molecule has 2 aromatic rings. The lowest BCUT2D eigenvalue weighted by Crippen LogP contribution is -2.49. The van der Waals surface area contributed by atoms with Crippen LogP contribution in [0.3, 0.4) is 0 Å². The van der Waals surface area contributed by atoms with Crippen molar-refractivity contribution in [2.24, 2.45) is 0 Å². The molecule has 0 saturated carbocycles. The Morgan fingerprint density at radius 2 is 2.18 bits per heavy atom. The number of nitrogens with zero attached hydrogens (tertiary/aromatic N) is 3.